The van der Waals surface area contributed by atoms with Crippen molar-refractivity contribution >= 4 is 33.2 Å². The molecule has 0 fully saturated rings. The summed E-state index contributed by atoms with van der Waals surface area (Å²) < 4.78 is 6.98. The highest BCUT2D eigenvalue weighted by Gasteiger charge is 2.17. The molecule has 0 aliphatic carbocycles. The number of nitrogens with two attached hydrogens (primary N) is 1. The van der Waals surface area contributed by atoms with E-state index in [-0.39, 0.29) is 0 Å². The van der Waals surface area contributed by atoms with Gasteiger partial charge in [-0.2, -0.15) is 5.10 Å². The van der Waals surface area contributed by atoms with Crippen LogP contribution in [0.15, 0.2) is 16.9 Å². The van der Waals surface area contributed by atoms with Crippen molar-refractivity contribution in [1.29, 1.82) is 0 Å². The molecule has 2 aromatic rings. The van der Waals surface area contributed by atoms with Gasteiger partial charge >= 0.3 is 5.97 Å². The maximum Gasteiger partial charge on any atom is 0.357 e. The number of esters is 1. The number of ether oxygens (including phenoxy) is 1. The van der Waals surface area contributed by atoms with Gasteiger partial charge in [0, 0.05) is 4.47 Å². The number of carbonyl (C=O) groups is 1. The summed E-state index contributed by atoms with van der Waals surface area (Å²) in [5, 5.41) is 3.96. The lowest BCUT2D eigenvalue weighted by molar-refractivity contribution is 0.0517. The van der Waals surface area contributed by atoms with E-state index in [2.05, 4.69) is 26.0 Å². The number of carbonyl (C=O) groups excluding carboxylic acids is 1. The molecule has 2 rings (SSSR count). The summed E-state index contributed by atoms with van der Waals surface area (Å²) in [6.07, 6.45) is 1.29. The number of anilines is 1. The Morgan fingerprint density at radius 2 is 2.44 bits per heavy atom. The van der Waals surface area contributed by atoms with E-state index in [9.17, 15) is 4.79 Å². The molecule has 0 spiro atoms. The van der Waals surface area contributed by atoms with Crippen molar-refractivity contribution in [3.63, 3.8) is 0 Å². The predicted molar refractivity (Wildman–Crippen MR) is 61.1 cm³/mol. The van der Waals surface area contributed by atoms with Crippen LogP contribution in [0.2, 0.25) is 0 Å². The van der Waals surface area contributed by atoms with Gasteiger partial charge < -0.3 is 10.5 Å². The molecular formula is C9H9BrN4O2. The molecule has 0 radical (unpaired) electrons. The molecule has 0 atom stereocenters. The highest BCUT2D eigenvalue weighted by atomic mass is 79.9. The lowest BCUT2D eigenvalue weighted by Gasteiger charge is -2.01. The first-order valence-corrected chi connectivity index (χ1v) is 5.39. The maximum atomic E-state index is 11.6. The zero-order chi connectivity index (χ0) is 11.7. The lowest BCUT2D eigenvalue weighted by Crippen LogP contribution is -2.10. The van der Waals surface area contributed by atoms with Gasteiger partial charge in [0.15, 0.2) is 11.5 Å². The average Bonchev–Trinajstić information content (AvgIpc) is 2.58. The summed E-state index contributed by atoms with van der Waals surface area (Å²) in [6, 6.07) is 1.61. The van der Waals surface area contributed by atoms with E-state index in [1.165, 1.54) is 10.8 Å². The van der Waals surface area contributed by atoms with Gasteiger partial charge in [0.25, 0.3) is 0 Å². The van der Waals surface area contributed by atoms with Crippen molar-refractivity contribution in [2.45, 2.75) is 6.92 Å². The van der Waals surface area contributed by atoms with Crippen LogP contribution in [-0.4, -0.2) is 27.2 Å². The van der Waals surface area contributed by atoms with E-state index in [1.807, 2.05) is 0 Å². The number of hydrogen-bond acceptors (Lipinski definition) is 5. The van der Waals surface area contributed by atoms with Crippen molar-refractivity contribution in [1.82, 2.24) is 14.6 Å². The minimum atomic E-state index is -0.443. The monoisotopic (exact) mass is 284 g/mol. The van der Waals surface area contributed by atoms with Crippen molar-refractivity contribution < 1.29 is 9.53 Å². The third-order valence-corrected chi connectivity index (χ3v) is 2.63. The Kier molecular flexibility index (Phi) is 2.78. The Hall–Kier alpha value is -1.63. The minimum Gasteiger partial charge on any atom is -0.461 e. The molecule has 2 heterocycles. The quantitative estimate of drug-likeness (QED) is 0.840. The molecule has 0 aliphatic rings. The number of fused-ring (bicyclic) bond motifs is 1. The van der Waals surface area contributed by atoms with Gasteiger partial charge in [0.2, 0.25) is 0 Å². The first-order valence-electron chi connectivity index (χ1n) is 4.60. The molecular weight excluding hydrogens is 276 g/mol. The Balaban J connectivity index is 2.64. The highest BCUT2D eigenvalue weighted by molar-refractivity contribution is 9.10. The van der Waals surface area contributed by atoms with Crippen molar-refractivity contribution in [2.24, 2.45) is 0 Å². The predicted octanol–water partition coefficient (Wildman–Crippen LogP) is 1.25. The summed E-state index contributed by atoms with van der Waals surface area (Å²) in [7, 11) is 0. The molecule has 6 nitrogen and oxygen atoms in total. The molecule has 2 aromatic heterocycles. The summed E-state index contributed by atoms with van der Waals surface area (Å²) >= 11 is 3.30. The first-order chi connectivity index (χ1) is 7.65. The van der Waals surface area contributed by atoms with Gasteiger partial charge in [-0.1, -0.05) is 0 Å². The molecule has 0 unspecified atom stereocenters. The van der Waals surface area contributed by atoms with Crippen LogP contribution in [0, 0.1) is 0 Å². The third-order valence-electron chi connectivity index (χ3n) is 2.02. The first kappa shape index (κ1) is 10.9. The van der Waals surface area contributed by atoms with Crippen LogP contribution >= 0.6 is 15.9 Å². The van der Waals surface area contributed by atoms with Gasteiger partial charge in [-0.05, 0) is 28.9 Å². The number of rotatable bonds is 2. The maximum absolute atomic E-state index is 11.6. The summed E-state index contributed by atoms with van der Waals surface area (Å²) in [5.74, 6) is -0.140. The fourth-order valence-electron chi connectivity index (χ4n) is 1.37. The Morgan fingerprint density at radius 3 is 3.12 bits per heavy atom. The second kappa shape index (κ2) is 4.09. The molecule has 0 aliphatic heterocycles. The SMILES string of the molecule is CCOC(=O)c1cc(Br)c2c(N)ncnn12. The van der Waals surface area contributed by atoms with Gasteiger partial charge in [-0.15, -0.1) is 0 Å². The Labute approximate surface area is 99.5 Å². The molecule has 84 valence electrons. The van der Waals surface area contributed by atoms with Gasteiger partial charge in [0.05, 0.1) is 6.61 Å². The number of nitrogen functional groups attached to an aromatic ring is 1. The number of halogens is 1. The van der Waals surface area contributed by atoms with Crippen LogP contribution in [-0.2, 0) is 4.74 Å². The third kappa shape index (κ3) is 1.63. The number of aromatic nitrogens is 3. The Bertz CT molecular complexity index is 552. The standard InChI is InChI=1S/C9H9BrN4O2/c1-2-16-9(15)6-3-5(10)7-8(11)12-4-13-14(6)7/h3-4H,2H2,1H3,(H2,11,12,13). The van der Waals surface area contributed by atoms with Crippen LogP contribution < -0.4 is 5.73 Å². The zero-order valence-corrected chi connectivity index (χ0v) is 10.1. The Morgan fingerprint density at radius 1 is 1.69 bits per heavy atom. The summed E-state index contributed by atoms with van der Waals surface area (Å²) in [5.41, 5.74) is 6.57. The fourth-order valence-corrected chi connectivity index (χ4v) is 1.96. The van der Waals surface area contributed by atoms with Gasteiger partial charge in [-0.3, -0.25) is 0 Å². The van der Waals surface area contributed by atoms with E-state index in [0.717, 1.165) is 0 Å². The van der Waals surface area contributed by atoms with Gasteiger partial charge in [-0.25, -0.2) is 14.3 Å². The average molecular weight is 285 g/mol. The van der Waals surface area contributed by atoms with Crippen LogP contribution in [0.3, 0.4) is 0 Å². The second-order valence-corrected chi connectivity index (χ2v) is 3.86. The smallest absolute Gasteiger partial charge is 0.357 e. The van der Waals surface area contributed by atoms with E-state index in [1.54, 1.807) is 13.0 Å². The summed E-state index contributed by atoms with van der Waals surface area (Å²) in [4.78, 5) is 15.5. The minimum absolute atomic E-state index is 0.303. The molecule has 0 saturated heterocycles. The van der Waals surface area contributed by atoms with E-state index >= 15 is 0 Å². The van der Waals surface area contributed by atoms with Gasteiger partial charge in [0.1, 0.15) is 11.8 Å². The van der Waals surface area contributed by atoms with Crippen LogP contribution in [0.4, 0.5) is 5.82 Å². The lowest BCUT2D eigenvalue weighted by atomic mass is 10.4. The van der Waals surface area contributed by atoms with E-state index in [0.29, 0.717) is 28.1 Å². The largest absolute Gasteiger partial charge is 0.461 e. The molecule has 0 aromatic carbocycles. The summed E-state index contributed by atoms with van der Waals surface area (Å²) in [6.45, 7) is 2.05. The second-order valence-electron chi connectivity index (χ2n) is 3.00. The molecule has 0 bridgehead atoms. The number of nitrogens with zero attached hydrogens (tertiary/aromatic N) is 3. The van der Waals surface area contributed by atoms with E-state index < -0.39 is 5.97 Å². The fraction of sp³-hybridized carbons (Fsp3) is 0.222. The van der Waals surface area contributed by atoms with Crippen molar-refractivity contribution in [2.75, 3.05) is 12.3 Å². The van der Waals surface area contributed by atoms with Crippen LogP contribution in [0.1, 0.15) is 17.4 Å². The molecule has 0 amide bonds. The molecule has 2 N–H and O–H groups in total. The van der Waals surface area contributed by atoms with Crippen molar-refractivity contribution in [3.8, 4) is 0 Å². The van der Waals surface area contributed by atoms with Crippen LogP contribution in [0.25, 0.3) is 5.52 Å². The van der Waals surface area contributed by atoms with Crippen LogP contribution in [0.5, 0.6) is 0 Å². The molecule has 16 heavy (non-hydrogen) atoms. The number of hydrogen-bond donors (Lipinski definition) is 1. The molecule has 0 saturated carbocycles. The highest BCUT2D eigenvalue weighted by Crippen LogP contribution is 2.25. The normalized spacial score (nSPS) is 10.6. The molecule has 7 heteroatoms. The topological polar surface area (TPSA) is 82.5 Å². The van der Waals surface area contributed by atoms with Crippen molar-refractivity contribution in [3.05, 3.63) is 22.6 Å². The zero-order valence-electron chi connectivity index (χ0n) is 8.48. The van der Waals surface area contributed by atoms with E-state index in [4.69, 9.17) is 10.5 Å².